The van der Waals surface area contributed by atoms with E-state index < -0.39 is 0 Å². The molecule has 0 aliphatic carbocycles. The lowest BCUT2D eigenvalue weighted by atomic mass is 10.1. The molecule has 1 unspecified atom stereocenters. The zero-order valence-electron chi connectivity index (χ0n) is 16.1. The smallest absolute Gasteiger partial charge is 0.161 e. The van der Waals surface area contributed by atoms with E-state index in [1.807, 2.05) is 10.8 Å². The third kappa shape index (κ3) is 4.03. The highest BCUT2D eigenvalue weighted by atomic mass is 16.5. The molecule has 2 aromatic carbocycles. The number of benzene rings is 2. The van der Waals surface area contributed by atoms with Gasteiger partial charge in [0.2, 0.25) is 0 Å². The average molecular weight is 387 g/mol. The van der Waals surface area contributed by atoms with Gasteiger partial charge in [-0.25, -0.2) is 9.97 Å². The normalized spacial score (nSPS) is 11.8. The van der Waals surface area contributed by atoms with E-state index in [-0.39, 0.29) is 11.8 Å². The number of phenols is 1. The van der Waals surface area contributed by atoms with Crippen LogP contribution in [0.3, 0.4) is 0 Å². The van der Waals surface area contributed by atoms with Crippen molar-refractivity contribution in [2.75, 3.05) is 12.4 Å². The fourth-order valence-corrected chi connectivity index (χ4v) is 3.06. The second-order valence-electron chi connectivity index (χ2n) is 6.60. The van der Waals surface area contributed by atoms with Gasteiger partial charge in [-0.3, -0.25) is 4.98 Å². The summed E-state index contributed by atoms with van der Waals surface area (Å²) in [5.41, 5.74) is 3.69. The van der Waals surface area contributed by atoms with Gasteiger partial charge in [-0.2, -0.15) is 0 Å². The summed E-state index contributed by atoms with van der Waals surface area (Å²) in [5.74, 6) is 1.15. The molecule has 0 radical (unpaired) electrons. The van der Waals surface area contributed by atoms with Crippen LogP contribution in [-0.2, 0) is 0 Å². The third-order valence-electron chi connectivity index (χ3n) is 4.67. The molecule has 0 fully saturated rings. The Balaban J connectivity index is 1.52. The number of nitrogens with one attached hydrogen (secondary N) is 1. The second kappa shape index (κ2) is 8.02. The molecule has 4 rings (SSSR count). The minimum Gasteiger partial charge on any atom is -0.504 e. The number of aromatic hydroxyl groups is 1. The first kappa shape index (κ1) is 18.5. The predicted molar refractivity (Wildman–Crippen MR) is 111 cm³/mol. The molecular formula is C22H21N5O2. The standard InChI is InChI=1S/C22H21N5O2/c1-15(16-3-6-18(7-4-16)27-10-9-23-14-27)25-22-13-24-12-19(26-22)17-5-8-20(28)21(11-17)29-2/h3-15,28H,1-2H3,(H,25,26). The first-order valence-electron chi connectivity index (χ1n) is 9.18. The summed E-state index contributed by atoms with van der Waals surface area (Å²) in [5, 5.41) is 13.2. The summed E-state index contributed by atoms with van der Waals surface area (Å²) in [6.07, 6.45) is 8.82. The first-order valence-corrected chi connectivity index (χ1v) is 9.18. The van der Waals surface area contributed by atoms with Crippen LogP contribution in [0, 0.1) is 0 Å². The van der Waals surface area contributed by atoms with E-state index in [1.165, 1.54) is 7.11 Å². The van der Waals surface area contributed by atoms with Crippen LogP contribution in [0.2, 0.25) is 0 Å². The molecule has 2 heterocycles. The van der Waals surface area contributed by atoms with Crippen molar-refractivity contribution in [1.29, 1.82) is 0 Å². The van der Waals surface area contributed by atoms with E-state index in [2.05, 4.69) is 51.5 Å². The Hall–Kier alpha value is -3.87. The van der Waals surface area contributed by atoms with E-state index in [4.69, 9.17) is 4.74 Å². The number of anilines is 1. The molecule has 7 heteroatoms. The minimum absolute atomic E-state index is 0.0470. The highest BCUT2D eigenvalue weighted by molar-refractivity contribution is 5.64. The lowest BCUT2D eigenvalue weighted by molar-refractivity contribution is 0.373. The van der Waals surface area contributed by atoms with E-state index in [0.717, 1.165) is 16.8 Å². The number of imidazole rings is 1. The molecule has 0 saturated carbocycles. The Morgan fingerprint density at radius 3 is 2.62 bits per heavy atom. The molecule has 29 heavy (non-hydrogen) atoms. The molecule has 0 spiro atoms. The van der Waals surface area contributed by atoms with Crippen molar-refractivity contribution in [2.45, 2.75) is 13.0 Å². The van der Waals surface area contributed by atoms with Crippen LogP contribution in [0.15, 0.2) is 73.6 Å². The molecule has 0 aliphatic heterocycles. The van der Waals surface area contributed by atoms with Gasteiger partial charge in [-0.1, -0.05) is 12.1 Å². The van der Waals surface area contributed by atoms with Crippen molar-refractivity contribution < 1.29 is 9.84 Å². The molecule has 4 aromatic rings. The lowest BCUT2D eigenvalue weighted by Crippen LogP contribution is -2.08. The topological polar surface area (TPSA) is 85.1 Å². The van der Waals surface area contributed by atoms with Gasteiger partial charge in [0.1, 0.15) is 5.82 Å². The number of methoxy groups -OCH3 is 1. The van der Waals surface area contributed by atoms with Gasteiger partial charge >= 0.3 is 0 Å². The van der Waals surface area contributed by atoms with Crippen LogP contribution in [0.25, 0.3) is 16.9 Å². The highest BCUT2D eigenvalue weighted by Gasteiger charge is 2.10. The highest BCUT2D eigenvalue weighted by Crippen LogP contribution is 2.31. The Morgan fingerprint density at radius 2 is 1.90 bits per heavy atom. The fourth-order valence-electron chi connectivity index (χ4n) is 3.06. The van der Waals surface area contributed by atoms with Crippen LogP contribution in [-0.4, -0.2) is 31.7 Å². The van der Waals surface area contributed by atoms with E-state index in [1.54, 1.807) is 43.1 Å². The lowest BCUT2D eigenvalue weighted by Gasteiger charge is -2.16. The molecule has 0 aliphatic rings. The van der Waals surface area contributed by atoms with Gasteiger partial charge in [-0.05, 0) is 42.8 Å². The van der Waals surface area contributed by atoms with Gasteiger partial charge in [0, 0.05) is 29.7 Å². The van der Waals surface area contributed by atoms with Crippen molar-refractivity contribution in [1.82, 2.24) is 19.5 Å². The van der Waals surface area contributed by atoms with Crippen LogP contribution in [0.1, 0.15) is 18.5 Å². The SMILES string of the molecule is COc1cc(-c2cncc(NC(C)c3ccc(-n4ccnc4)cc3)n2)ccc1O. The maximum Gasteiger partial charge on any atom is 0.161 e. The molecule has 2 N–H and O–H groups in total. The van der Waals surface area contributed by atoms with Crippen molar-refractivity contribution in [3.63, 3.8) is 0 Å². The third-order valence-corrected chi connectivity index (χ3v) is 4.67. The first-order chi connectivity index (χ1) is 14.1. The van der Waals surface area contributed by atoms with E-state index >= 15 is 0 Å². The zero-order valence-corrected chi connectivity index (χ0v) is 16.1. The molecule has 2 aromatic heterocycles. The number of rotatable bonds is 6. The van der Waals surface area contributed by atoms with Gasteiger partial charge in [0.15, 0.2) is 11.5 Å². The summed E-state index contributed by atoms with van der Waals surface area (Å²) in [7, 11) is 1.52. The number of aromatic nitrogens is 4. The Labute approximate surface area is 168 Å². The van der Waals surface area contributed by atoms with Gasteiger partial charge < -0.3 is 19.7 Å². The van der Waals surface area contributed by atoms with Gasteiger partial charge in [0.25, 0.3) is 0 Å². The van der Waals surface area contributed by atoms with Crippen molar-refractivity contribution in [2.24, 2.45) is 0 Å². The van der Waals surface area contributed by atoms with Crippen molar-refractivity contribution in [3.8, 4) is 28.4 Å². The molecule has 7 nitrogen and oxygen atoms in total. The van der Waals surface area contributed by atoms with Gasteiger partial charge in [0.05, 0.1) is 31.5 Å². The molecule has 146 valence electrons. The minimum atomic E-state index is 0.0470. The Bertz CT molecular complexity index is 1090. The van der Waals surface area contributed by atoms with Crippen LogP contribution in [0.5, 0.6) is 11.5 Å². The van der Waals surface area contributed by atoms with Crippen LogP contribution in [0.4, 0.5) is 5.82 Å². The number of phenolic OH excluding ortho intramolecular Hbond substituents is 1. The predicted octanol–water partition coefficient (Wildman–Crippen LogP) is 4.22. The summed E-state index contributed by atoms with van der Waals surface area (Å²) >= 11 is 0. The summed E-state index contributed by atoms with van der Waals surface area (Å²) in [6.45, 7) is 2.07. The number of hydrogen-bond donors (Lipinski definition) is 2. The maximum atomic E-state index is 9.78. The summed E-state index contributed by atoms with van der Waals surface area (Å²) < 4.78 is 7.14. The number of ether oxygens (including phenoxy) is 1. The molecular weight excluding hydrogens is 366 g/mol. The van der Waals surface area contributed by atoms with E-state index in [9.17, 15) is 5.11 Å². The Morgan fingerprint density at radius 1 is 1.07 bits per heavy atom. The molecule has 0 bridgehead atoms. The zero-order chi connectivity index (χ0) is 20.2. The Kier molecular flexibility index (Phi) is 5.11. The quantitative estimate of drug-likeness (QED) is 0.515. The summed E-state index contributed by atoms with van der Waals surface area (Å²) in [4.78, 5) is 13.0. The van der Waals surface area contributed by atoms with Crippen molar-refractivity contribution >= 4 is 5.82 Å². The van der Waals surface area contributed by atoms with Crippen LogP contribution >= 0.6 is 0 Å². The number of hydrogen-bond acceptors (Lipinski definition) is 6. The monoisotopic (exact) mass is 387 g/mol. The van der Waals surface area contributed by atoms with Crippen LogP contribution < -0.4 is 10.1 Å². The largest absolute Gasteiger partial charge is 0.504 e. The second-order valence-corrected chi connectivity index (χ2v) is 6.60. The van der Waals surface area contributed by atoms with Crippen molar-refractivity contribution in [3.05, 3.63) is 79.1 Å². The summed E-state index contributed by atoms with van der Waals surface area (Å²) in [6, 6.07) is 13.4. The molecule has 0 saturated heterocycles. The fraction of sp³-hybridized carbons (Fsp3) is 0.136. The van der Waals surface area contributed by atoms with Gasteiger partial charge in [-0.15, -0.1) is 0 Å². The van der Waals surface area contributed by atoms with E-state index in [0.29, 0.717) is 17.3 Å². The maximum absolute atomic E-state index is 9.78. The average Bonchev–Trinajstić information content (AvgIpc) is 3.29. The molecule has 0 amide bonds. The molecule has 1 atom stereocenters. The number of nitrogens with zero attached hydrogens (tertiary/aromatic N) is 4.